The van der Waals surface area contributed by atoms with Crippen LogP contribution in [0.1, 0.15) is 22.3 Å². The monoisotopic (exact) mass is 407 g/mol. The molecule has 5 heteroatoms. The second-order valence-corrected chi connectivity index (χ2v) is 6.91. The largest absolute Gasteiger partial charge is 0.245 e. The summed E-state index contributed by atoms with van der Waals surface area (Å²) in [5.74, 6) is 0. The molecule has 0 atom stereocenters. The van der Waals surface area contributed by atoms with Crippen molar-refractivity contribution in [1.29, 1.82) is 21.0 Å². The van der Waals surface area contributed by atoms with Crippen LogP contribution in [0.15, 0.2) is 78.9 Å². The normalized spacial score (nSPS) is 9.75. The molecule has 0 N–H and O–H groups in total. The van der Waals surface area contributed by atoms with Crippen molar-refractivity contribution >= 4 is 0 Å². The Morgan fingerprint density at radius 2 is 0.969 bits per heavy atom. The minimum atomic E-state index is 0.253. The highest BCUT2D eigenvalue weighted by Crippen LogP contribution is 2.38. The van der Waals surface area contributed by atoms with E-state index in [1.54, 1.807) is 48.5 Å². The molecule has 0 saturated heterocycles. The third kappa shape index (κ3) is 3.55. The summed E-state index contributed by atoms with van der Waals surface area (Å²) in [4.78, 5) is 4.73. The number of hydrogen-bond acceptors (Lipinski definition) is 5. The van der Waals surface area contributed by atoms with Gasteiger partial charge in [-0.25, -0.2) is 4.98 Å². The molecule has 0 spiro atoms. The van der Waals surface area contributed by atoms with Crippen molar-refractivity contribution in [2.45, 2.75) is 0 Å². The molecule has 1 aromatic heterocycles. The van der Waals surface area contributed by atoms with Crippen molar-refractivity contribution in [2.24, 2.45) is 0 Å². The van der Waals surface area contributed by atoms with Gasteiger partial charge in [0.1, 0.15) is 12.1 Å². The maximum atomic E-state index is 10.1. The summed E-state index contributed by atoms with van der Waals surface area (Å²) < 4.78 is 0. The Morgan fingerprint density at radius 1 is 0.500 bits per heavy atom. The summed E-state index contributed by atoms with van der Waals surface area (Å²) in [6.07, 6.45) is 0. The van der Waals surface area contributed by atoms with Crippen LogP contribution in [0.25, 0.3) is 33.6 Å². The Bertz CT molecular complexity index is 1410. The molecule has 3 aromatic carbocycles. The molecule has 0 unspecified atom stereocenters. The summed E-state index contributed by atoms with van der Waals surface area (Å²) in [7, 11) is 0. The van der Waals surface area contributed by atoms with Crippen molar-refractivity contribution < 1.29 is 0 Å². The number of nitriles is 4. The second kappa shape index (κ2) is 8.64. The average molecular weight is 407 g/mol. The first-order valence-electron chi connectivity index (χ1n) is 9.65. The molecule has 0 amide bonds. The fraction of sp³-hybridized carbons (Fsp3) is 0. The van der Waals surface area contributed by atoms with E-state index in [1.807, 2.05) is 30.3 Å². The summed E-state index contributed by atoms with van der Waals surface area (Å²) in [5, 5.41) is 38.9. The van der Waals surface area contributed by atoms with Gasteiger partial charge >= 0.3 is 0 Å². The van der Waals surface area contributed by atoms with Crippen LogP contribution in [0.2, 0.25) is 0 Å². The zero-order valence-corrected chi connectivity index (χ0v) is 16.7. The van der Waals surface area contributed by atoms with Gasteiger partial charge in [0.2, 0.25) is 0 Å². The molecular formula is C27H13N5. The maximum absolute atomic E-state index is 10.1. The summed E-state index contributed by atoms with van der Waals surface area (Å²) in [6, 6.07) is 31.6. The van der Waals surface area contributed by atoms with Gasteiger partial charge in [0.15, 0.2) is 0 Å². The Morgan fingerprint density at radius 3 is 1.41 bits per heavy atom. The highest BCUT2D eigenvalue weighted by molar-refractivity contribution is 5.89. The van der Waals surface area contributed by atoms with Gasteiger partial charge in [-0.2, -0.15) is 21.0 Å². The predicted molar refractivity (Wildman–Crippen MR) is 119 cm³/mol. The fourth-order valence-corrected chi connectivity index (χ4v) is 3.59. The first kappa shape index (κ1) is 20.1. The molecule has 1 heterocycles. The van der Waals surface area contributed by atoms with Crippen LogP contribution >= 0.6 is 0 Å². The predicted octanol–water partition coefficient (Wildman–Crippen LogP) is 5.57. The quantitative estimate of drug-likeness (QED) is 0.441. The van der Waals surface area contributed by atoms with E-state index < -0.39 is 0 Å². The molecule has 0 aliphatic heterocycles. The van der Waals surface area contributed by atoms with Crippen molar-refractivity contribution in [1.82, 2.24) is 4.98 Å². The SMILES string of the molecule is N#Cc1cccc(-c2nc(-c3cccc(C#N)c3)c(C#N)c(-c3ccccc3)c2C#N)c1. The van der Waals surface area contributed by atoms with Gasteiger partial charge < -0.3 is 0 Å². The van der Waals surface area contributed by atoms with E-state index >= 15 is 0 Å². The van der Waals surface area contributed by atoms with Crippen LogP contribution in [-0.4, -0.2) is 4.98 Å². The van der Waals surface area contributed by atoms with Gasteiger partial charge in [-0.05, 0) is 29.8 Å². The lowest BCUT2D eigenvalue weighted by molar-refractivity contribution is 1.27. The molecule has 4 aromatic rings. The topological polar surface area (TPSA) is 108 Å². The van der Waals surface area contributed by atoms with E-state index in [9.17, 15) is 21.0 Å². The Balaban J connectivity index is 2.16. The summed E-state index contributed by atoms with van der Waals surface area (Å²) in [5.41, 5.74) is 4.50. The smallest absolute Gasteiger partial charge is 0.102 e. The third-order valence-corrected chi connectivity index (χ3v) is 5.01. The molecule has 4 rings (SSSR count). The number of pyridine rings is 1. The standard InChI is InChI=1S/C27H13N5/c28-14-18-6-4-10-21(12-18)26-23(16-30)25(20-8-2-1-3-9-20)24(17-31)27(32-26)22-11-5-7-19(13-22)15-29/h1-13H. The Kier molecular flexibility index (Phi) is 5.42. The maximum Gasteiger partial charge on any atom is 0.102 e. The first-order valence-corrected chi connectivity index (χ1v) is 9.65. The molecule has 146 valence electrons. The van der Waals surface area contributed by atoms with Crippen molar-refractivity contribution in [2.75, 3.05) is 0 Å². The minimum absolute atomic E-state index is 0.253. The molecule has 0 aliphatic carbocycles. The van der Waals surface area contributed by atoms with E-state index in [-0.39, 0.29) is 11.1 Å². The summed E-state index contributed by atoms with van der Waals surface area (Å²) >= 11 is 0. The highest BCUT2D eigenvalue weighted by atomic mass is 14.7. The molecule has 32 heavy (non-hydrogen) atoms. The average Bonchev–Trinajstić information content (AvgIpc) is 2.87. The third-order valence-electron chi connectivity index (χ3n) is 5.01. The molecule has 5 nitrogen and oxygen atoms in total. The Hall–Kier alpha value is -5.23. The van der Waals surface area contributed by atoms with E-state index in [0.717, 1.165) is 0 Å². The second-order valence-electron chi connectivity index (χ2n) is 6.91. The molecule has 0 aliphatic rings. The minimum Gasteiger partial charge on any atom is -0.245 e. The van der Waals surface area contributed by atoms with Gasteiger partial charge in [-0.1, -0.05) is 54.6 Å². The lowest BCUT2D eigenvalue weighted by Crippen LogP contribution is -2.02. The molecule has 0 fully saturated rings. The van der Waals surface area contributed by atoms with E-state index in [0.29, 0.717) is 44.8 Å². The van der Waals surface area contributed by atoms with Crippen LogP contribution in [0.5, 0.6) is 0 Å². The van der Waals surface area contributed by atoms with Crippen LogP contribution in [0.3, 0.4) is 0 Å². The van der Waals surface area contributed by atoms with E-state index in [1.165, 1.54) is 0 Å². The van der Waals surface area contributed by atoms with E-state index in [4.69, 9.17) is 4.98 Å². The van der Waals surface area contributed by atoms with Gasteiger partial charge in [0, 0.05) is 16.7 Å². The number of nitrogens with zero attached hydrogens (tertiary/aromatic N) is 5. The van der Waals surface area contributed by atoms with Crippen molar-refractivity contribution in [3.05, 3.63) is 101 Å². The van der Waals surface area contributed by atoms with Crippen LogP contribution in [0, 0.1) is 45.3 Å². The van der Waals surface area contributed by atoms with Gasteiger partial charge in [0.05, 0.1) is 45.8 Å². The fourth-order valence-electron chi connectivity index (χ4n) is 3.59. The lowest BCUT2D eigenvalue weighted by atomic mass is 9.89. The zero-order valence-electron chi connectivity index (χ0n) is 16.7. The highest BCUT2D eigenvalue weighted by Gasteiger charge is 2.23. The van der Waals surface area contributed by atoms with Crippen LogP contribution < -0.4 is 0 Å². The molecule has 0 bridgehead atoms. The number of aromatic nitrogens is 1. The summed E-state index contributed by atoms with van der Waals surface area (Å²) in [6.45, 7) is 0. The van der Waals surface area contributed by atoms with Gasteiger partial charge in [-0.15, -0.1) is 0 Å². The lowest BCUT2D eigenvalue weighted by Gasteiger charge is -2.16. The van der Waals surface area contributed by atoms with E-state index in [2.05, 4.69) is 24.3 Å². The number of rotatable bonds is 3. The molecular weight excluding hydrogens is 394 g/mol. The van der Waals surface area contributed by atoms with Gasteiger partial charge in [-0.3, -0.25) is 0 Å². The van der Waals surface area contributed by atoms with Gasteiger partial charge in [0.25, 0.3) is 0 Å². The Labute approximate surface area is 185 Å². The molecule has 0 radical (unpaired) electrons. The van der Waals surface area contributed by atoms with Crippen molar-refractivity contribution in [3.63, 3.8) is 0 Å². The van der Waals surface area contributed by atoms with Crippen LogP contribution in [-0.2, 0) is 0 Å². The zero-order chi connectivity index (χ0) is 22.5. The molecule has 0 saturated carbocycles. The number of hydrogen-bond donors (Lipinski definition) is 0. The van der Waals surface area contributed by atoms with Crippen molar-refractivity contribution in [3.8, 4) is 57.9 Å². The number of benzene rings is 3. The first-order chi connectivity index (χ1) is 15.7. The van der Waals surface area contributed by atoms with Crippen LogP contribution in [0.4, 0.5) is 0 Å².